The van der Waals surface area contributed by atoms with Gasteiger partial charge in [-0.1, -0.05) is 41.0 Å². The highest BCUT2D eigenvalue weighted by molar-refractivity contribution is 6.11. The number of rotatable bonds is 1. The molecular weight excluding hydrogens is 288 g/mol. The molecule has 0 amide bonds. The van der Waals surface area contributed by atoms with Gasteiger partial charge in [0.1, 0.15) is 5.75 Å². The molecule has 3 rings (SSSR count). The molecule has 0 aromatic heterocycles. The molecule has 1 saturated carbocycles. The summed E-state index contributed by atoms with van der Waals surface area (Å²) >= 11 is 0. The molecule has 2 aliphatic rings. The number of carbonyl (C=O) groups is 1. The van der Waals surface area contributed by atoms with Crippen molar-refractivity contribution in [1.82, 2.24) is 0 Å². The summed E-state index contributed by atoms with van der Waals surface area (Å²) in [5.74, 6) is -0.0115. The Bertz CT molecular complexity index is 725. The Morgan fingerprint density at radius 3 is 2.35 bits per heavy atom. The number of ketones is 1. The summed E-state index contributed by atoms with van der Waals surface area (Å²) in [7, 11) is 0. The molecule has 0 bridgehead atoms. The molecule has 1 aromatic rings. The van der Waals surface area contributed by atoms with Crippen LogP contribution < -0.4 is 0 Å². The Morgan fingerprint density at radius 2 is 1.74 bits per heavy atom. The SMILES string of the molecule is CC(C)c1cc2c(cc1O)[C@]1(C)CCCC(C)(C)C1=C(O)C2=O. The Morgan fingerprint density at radius 1 is 1.09 bits per heavy atom. The number of phenols is 1. The van der Waals surface area contributed by atoms with Crippen molar-refractivity contribution in [1.29, 1.82) is 0 Å². The van der Waals surface area contributed by atoms with Crippen molar-refractivity contribution in [3.63, 3.8) is 0 Å². The van der Waals surface area contributed by atoms with E-state index in [-0.39, 0.29) is 34.0 Å². The lowest BCUT2D eigenvalue weighted by atomic mass is 9.54. The van der Waals surface area contributed by atoms with E-state index in [0.717, 1.165) is 36.0 Å². The Balaban J connectivity index is 2.32. The Hall–Kier alpha value is -1.77. The summed E-state index contributed by atoms with van der Waals surface area (Å²) in [6.45, 7) is 10.3. The molecule has 0 heterocycles. The quantitative estimate of drug-likeness (QED) is 0.767. The number of carbonyl (C=O) groups excluding carboxylic acids is 1. The molecule has 1 fully saturated rings. The molecule has 3 heteroatoms. The maximum atomic E-state index is 12.8. The first-order chi connectivity index (χ1) is 10.6. The standard InChI is InChI=1S/C20H26O3/c1-11(2)12-9-13-14(10-15(12)21)20(5)8-6-7-19(3,4)18(20)17(23)16(13)22/h9-11,21,23H,6-8H2,1-5H3/t20-/m0/s1. The number of benzene rings is 1. The lowest BCUT2D eigenvalue weighted by Gasteiger charge is -2.49. The Labute approximate surface area is 138 Å². The summed E-state index contributed by atoms with van der Waals surface area (Å²) in [5.41, 5.74) is 2.41. The van der Waals surface area contributed by atoms with Crippen LogP contribution in [0, 0.1) is 5.41 Å². The molecular formula is C20H26O3. The van der Waals surface area contributed by atoms with Gasteiger partial charge in [-0.15, -0.1) is 0 Å². The first-order valence-corrected chi connectivity index (χ1v) is 8.46. The number of hydrogen-bond acceptors (Lipinski definition) is 3. The van der Waals surface area contributed by atoms with Crippen LogP contribution >= 0.6 is 0 Å². The van der Waals surface area contributed by atoms with Gasteiger partial charge >= 0.3 is 0 Å². The number of fused-ring (bicyclic) bond motifs is 3. The summed E-state index contributed by atoms with van der Waals surface area (Å²) in [6, 6.07) is 3.54. The minimum absolute atomic E-state index is 0.0786. The minimum atomic E-state index is -0.387. The lowest BCUT2D eigenvalue weighted by molar-refractivity contribution is 0.0940. The van der Waals surface area contributed by atoms with Crippen molar-refractivity contribution in [3.05, 3.63) is 40.2 Å². The van der Waals surface area contributed by atoms with Crippen molar-refractivity contribution in [3.8, 4) is 5.75 Å². The monoisotopic (exact) mass is 314 g/mol. The Kier molecular flexibility index (Phi) is 3.40. The van der Waals surface area contributed by atoms with Crippen LogP contribution in [0.25, 0.3) is 0 Å². The zero-order valence-corrected chi connectivity index (χ0v) is 14.7. The number of aromatic hydroxyl groups is 1. The molecule has 0 saturated heterocycles. The van der Waals surface area contributed by atoms with Gasteiger partial charge in [0, 0.05) is 11.0 Å². The minimum Gasteiger partial charge on any atom is -0.508 e. The smallest absolute Gasteiger partial charge is 0.227 e. The van der Waals surface area contributed by atoms with Gasteiger partial charge in [0.25, 0.3) is 0 Å². The maximum Gasteiger partial charge on any atom is 0.227 e. The van der Waals surface area contributed by atoms with Crippen molar-refractivity contribution in [2.75, 3.05) is 0 Å². The van der Waals surface area contributed by atoms with Gasteiger partial charge in [-0.3, -0.25) is 4.79 Å². The van der Waals surface area contributed by atoms with Crippen LogP contribution in [-0.2, 0) is 5.41 Å². The second-order valence-electron chi connectivity index (χ2n) is 8.23. The topological polar surface area (TPSA) is 57.5 Å². The van der Waals surface area contributed by atoms with Gasteiger partial charge in [-0.2, -0.15) is 0 Å². The molecule has 23 heavy (non-hydrogen) atoms. The van der Waals surface area contributed by atoms with Gasteiger partial charge < -0.3 is 10.2 Å². The van der Waals surface area contributed by atoms with E-state index in [0.29, 0.717) is 5.56 Å². The lowest BCUT2D eigenvalue weighted by Crippen LogP contribution is -2.43. The summed E-state index contributed by atoms with van der Waals surface area (Å²) in [4.78, 5) is 12.8. The van der Waals surface area contributed by atoms with E-state index in [1.807, 2.05) is 13.8 Å². The van der Waals surface area contributed by atoms with Gasteiger partial charge in [0.2, 0.25) is 5.78 Å². The fraction of sp³-hybridized carbons (Fsp3) is 0.550. The molecule has 0 spiro atoms. The van der Waals surface area contributed by atoms with E-state index in [2.05, 4.69) is 20.8 Å². The number of allylic oxidation sites excluding steroid dienone is 2. The number of Topliss-reactive ketones (excluding diaryl/α,β-unsaturated/α-hetero) is 1. The van der Waals surface area contributed by atoms with E-state index in [1.165, 1.54) is 0 Å². The van der Waals surface area contributed by atoms with E-state index in [9.17, 15) is 15.0 Å². The molecule has 2 N–H and O–H groups in total. The van der Waals surface area contributed by atoms with Crippen LogP contribution in [0.1, 0.15) is 81.3 Å². The molecule has 2 aliphatic carbocycles. The van der Waals surface area contributed by atoms with Crippen molar-refractivity contribution < 1.29 is 15.0 Å². The fourth-order valence-corrected chi connectivity index (χ4v) is 4.68. The van der Waals surface area contributed by atoms with Crippen molar-refractivity contribution >= 4 is 5.78 Å². The second kappa shape index (κ2) is 4.86. The molecule has 0 radical (unpaired) electrons. The van der Waals surface area contributed by atoms with Crippen LogP contribution in [0.2, 0.25) is 0 Å². The highest BCUT2D eigenvalue weighted by Crippen LogP contribution is 2.56. The van der Waals surface area contributed by atoms with Gasteiger partial charge in [0.15, 0.2) is 5.76 Å². The largest absolute Gasteiger partial charge is 0.508 e. The van der Waals surface area contributed by atoms with Crippen LogP contribution in [-0.4, -0.2) is 16.0 Å². The average Bonchev–Trinajstić information content (AvgIpc) is 2.43. The van der Waals surface area contributed by atoms with Crippen LogP contribution in [0.4, 0.5) is 0 Å². The first-order valence-electron chi connectivity index (χ1n) is 8.46. The fourth-order valence-electron chi connectivity index (χ4n) is 4.68. The van der Waals surface area contributed by atoms with Crippen LogP contribution in [0.15, 0.2) is 23.5 Å². The predicted molar refractivity (Wildman–Crippen MR) is 91.2 cm³/mol. The molecule has 0 aliphatic heterocycles. The summed E-state index contributed by atoms with van der Waals surface area (Å²) < 4.78 is 0. The predicted octanol–water partition coefficient (Wildman–Crippen LogP) is 4.99. The van der Waals surface area contributed by atoms with Crippen LogP contribution in [0.5, 0.6) is 5.75 Å². The van der Waals surface area contributed by atoms with Crippen LogP contribution in [0.3, 0.4) is 0 Å². The summed E-state index contributed by atoms with van der Waals surface area (Å²) in [6.07, 6.45) is 2.89. The second-order valence-corrected chi connectivity index (χ2v) is 8.23. The highest BCUT2D eigenvalue weighted by Gasteiger charge is 2.50. The maximum absolute atomic E-state index is 12.8. The van der Waals surface area contributed by atoms with Crippen molar-refractivity contribution in [2.45, 2.75) is 65.2 Å². The van der Waals surface area contributed by atoms with Gasteiger partial charge in [-0.05, 0) is 53.0 Å². The van der Waals surface area contributed by atoms with Gasteiger partial charge in [-0.25, -0.2) is 0 Å². The van der Waals surface area contributed by atoms with E-state index in [4.69, 9.17) is 0 Å². The molecule has 1 atom stereocenters. The van der Waals surface area contributed by atoms with Gasteiger partial charge in [0.05, 0.1) is 0 Å². The number of aliphatic hydroxyl groups excluding tert-OH is 1. The molecule has 124 valence electrons. The third kappa shape index (κ3) is 2.13. The third-order valence-corrected chi connectivity index (χ3v) is 5.79. The molecule has 3 nitrogen and oxygen atoms in total. The van der Waals surface area contributed by atoms with E-state index in [1.54, 1.807) is 12.1 Å². The number of hydrogen-bond donors (Lipinski definition) is 2. The number of aliphatic hydroxyl groups is 1. The molecule has 1 aromatic carbocycles. The average molecular weight is 314 g/mol. The number of phenolic OH excluding ortho intramolecular Hbond substituents is 1. The highest BCUT2D eigenvalue weighted by atomic mass is 16.3. The third-order valence-electron chi connectivity index (χ3n) is 5.79. The zero-order chi connectivity index (χ0) is 17.2. The zero-order valence-electron chi connectivity index (χ0n) is 14.7. The molecule has 0 unspecified atom stereocenters. The first kappa shape index (κ1) is 16.1. The van der Waals surface area contributed by atoms with Crippen molar-refractivity contribution in [2.24, 2.45) is 5.41 Å². The van der Waals surface area contributed by atoms with E-state index >= 15 is 0 Å². The normalized spacial score (nSPS) is 26.3. The van der Waals surface area contributed by atoms with E-state index < -0.39 is 0 Å². The summed E-state index contributed by atoms with van der Waals surface area (Å²) in [5, 5.41) is 21.1.